The molecule has 5 rings (SSSR count). The molecule has 0 unspecified atom stereocenters. The van der Waals surface area contributed by atoms with Crippen molar-refractivity contribution in [3.8, 4) is 11.3 Å². The van der Waals surface area contributed by atoms with Gasteiger partial charge in [-0.25, -0.2) is 4.98 Å². The van der Waals surface area contributed by atoms with Crippen molar-refractivity contribution in [2.45, 2.75) is 0 Å². The molecule has 0 radical (unpaired) electrons. The number of halogens is 2. The van der Waals surface area contributed by atoms with E-state index in [1.165, 1.54) is 11.3 Å². The quantitative estimate of drug-likeness (QED) is 0.354. The van der Waals surface area contributed by atoms with E-state index in [1.54, 1.807) is 28.8 Å². The smallest absolute Gasteiger partial charge is 0.268 e. The summed E-state index contributed by atoms with van der Waals surface area (Å²) in [5.74, 6) is 0. The molecule has 5 aromatic rings. The Morgan fingerprint density at radius 2 is 1.88 bits per heavy atom. The monoisotopic (exact) mass is 397 g/mol. The highest BCUT2D eigenvalue weighted by Gasteiger charge is 2.16. The highest BCUT2D eigenvalue weighted by Crippen LogP contribution is 2.33. The van der Waals surface area contributed by atoms with Crippen LogP contribution in [0, 0.1) is 0 Å². The molecule has 0 aliphatic rings. The summed E-state index contributed by atoms with van der Waals surface area (Å²) in [5, 5.41) is 4.26. The number of benzene rings is 2. The van der Waals surface area contributed by atoms with E-state index in [4.69, 9.17) is 28.2 Å². The molecule has 0 fully saturated rings. The molecule has 0 atom stereocenters. The molecule has 126 valence electrons. The minimum absolute atomic E-state index is 0.162. The highest BCUT2D eigenvalue weighted by molar-refractivity contribution is 7.15. The summed E-state index contributed by atoms with van der Waals surface area (Å²) in [6, 6.07) is 12.9. The predicted molar refractivity (Wildman–Crippen MR) is 108 cm³/mol. The van der Waals surface area contributed by atoms with Crippen LogP contribution in [0.5, 0.6) is 0 Å². The Labute approximate surface area is 161 Å². The van der Waals surface area contributed by atoms with Crippen LogP contribution in [0.3, 0.4) is 0 Å². The Kier molecular flexibility index (Phi) is 3.50. The SMILES string of the molecule is O=c1c2cnc3ccccc3c2nc2scc(-c3ccc(Cl)cc3Cl)n12. The molecular weight excluding hydrogens is 389 g/mol. The second-order valence-corrected chi connectivity index (χ2v) is 7.50. The number of thiazole rings is 1. The third-order valence-corrected chi connectivity index (χ3v) is 5.68. The third-order valence-electron chi connectivity index (χ3n) is 4.30. The summed E-state index contributed by atoms with van der Waals surface area (Å²) < 4.78 is 1.58. The Hall–Kier alpha value is -2.47. The molecule has 0 spiro atoms. The standard InChI is InChI=1S/C19H9Cl2N3OS/c20-10-5-6-11(14(21)7-10)16-9-26-19-23-17-12-3-1-2-4-15(12)22-8-13(17)18(25)24(16)19/h1-9H. The van der Waals surface area contributed by atoms with E-state index in [9.17, 15) is 4.79 Å². The third kappa shape index (κ3) is 2.25. The maximum absolute atomic E-state index is 13.2. The number of hydrogen-bond acceptors (Lipinski definition) is 4. The Morgan fingerprint density at radius 1 is 1.04 bits per heavy atom. The largest absolute Gasteiger partial charge is 0.268 e. The van der Waals surface area contributed by atoms with Crippen LogP contribution in [0.1, 0.15) is 0 Å². The van der Waals surface area contributed by atoms with Gasteiger partial charge in [0.25, 0.3) is 5.56 Å². The first-order valence-electron chi connectivity index (χ1n) is 7.76. The van der Waals surface area contributed by atoms with E-state index in [2.05, 4.69) is 4.98 Å². The van der Waals surface area contributed by atoms with Gasteiger partial charge in [0.05, 0.1) is 27.1 Å². The zero-order valence-electron chi connectivity index (χ0n) is 13.1. The van der Waals surface area contributed by atoms with E-state index in [0.29, 0.717) is 31.6 Å². The van der Waals surface area contributed by atoms with Gasteiger partial charge in [0, 0.05) is 27.5 Å². The Morgan fingerprint density at radius 3 is 2.73 bits per heavy atom. The van der Waals surface area contributed by atoms with Crippen molar-refractivity contribution in [1.82, 2.24) is 14.4 Å². The first-order valence-corrected chi connectivity index (χ1v) is 9.40. The fourth-order valence-electron chi connectivity index (χ4n) is 3.09. The summed E-state index contributed by atoms with van der Waals surface area (Å²) >= 11 is 13.7. The van der Waals surface area contributed by atoms with Crippen molar-refractivity contribution in [3.63, 3.8) is 0 Å². The highest BCUT2D eigenvalue weighted by atomic mass is 35.5. The lowest BCUT2D eigenvalue weighted by Gasteiger charge is -2.07. The second-order valence-electron chi connectivity index (χ2n) is 5.82. The van der Waals surface area contributed by atoms with Crippen LogP contribution in [0.15, 0.2) is 58.8 Å². The van der Waals surface area contributed by atoms with E-state index in [-0.39, 0.29) is 5.56 Å². The number of fused-ring (bicyclic) bond motifs is 4. The number of para-hydroxylation sites is 1. The van der Waals surface area contributed by atoms with Crippen LogP contribution in [-0.2, 0) is 0 Å². The van der Waals surface area contributed by atoms with Crippen LogP contribution in [0.4, 0.5) is 0 Å². The second kappa shape index (κ2) is 5.77. The topological polar surface area (TPSA) is 47.3 Å². The molecule has 0 amide bonds. The number of hydrogen-bond donors (Lipinski definition) is 0. The van der Waals surface area contributed by atoms with Crippen molar-refractivity contribution < 1.29 is 0 Å². The molecule has 3 heterocycles. The average Bonchev–Trinajstić information content (AvgIpc) is 3.06. The van der Waals surface area contributed by atoms with Crippen molar-refractivity contribution in [1.29, 1.82) is 0 Å². The Bertz CT molecular complexity index is 1390. The Balaban J connectivity index is 1.91. The van der Waals surface area contributed by atoms with Crippen LogP contribution >= 0.6 is 34.5 Å². The van der Waals surface area contributed by atoms with Crippen LogP contribution < -0.4 is 5.56 Å². The van der Waals surface area contributed by atoms with Gasteiger partial charge in [-0.2, -0.15) is 0 Å². The molecule has 2 aromatic carbocycles. The number of pyridine rings is 1. The summed E-state index contributed by atoms with van der Waals surface area (Å²) in [4.78, 5) is 22.9. The van der Waals surface area contributed by atoms with E-state index < -0.39 is 0 Å². The predicted octanol–water partition coefficient (Wildman–Crippen LogP) is 5.43. The van der Waals surface area contributed by atoms with Gasteiger partial charge in [-0.1, -0.05) is 41.4 Å². The first kappa shape index (κ1) is 15.8. The van der Waals surface area contributed by atoms with Crippen molar-refractivity contribution >= 4 is 61.3 Å². The fourth-order valence-corrected chi connectivity index (χ4v) is 4.48. The summed E-state index contributed by atoms with van der Waals surface area (Å²) in [7, 11) is 0. The maximum Gasteiger partial charge on any atom is 0.268 e. The zero-order valence-corrected chi connectivity index (χ0v) is 15.4. The first-order chi connectivity index (χ1) is 12.6. The molecule has 0 saturated carbocycles. The molecule has 4 nitrogen and oxygen atoms in total. The van der Waals surface area contributed by atoms with Gasteiger partial charge in [0.15, 0.2) is 4.96 Å². The normalized spacial score (nSPS) is 11.6. The molecular formula is C19H9Cl2N3OS. The molecule has 0 aliphatic carbocycles. The average molecular weight is 398 g/mol. The van der Waals surface area contributed by atoms with E-state index >= 15 is 0 Å². The van der Waals surface area contributed by atoms with Crippen molar-refractivity contribution in [3.05, 3.63) is 74.4 Å². The van der Waals surface area contributed by atoms with Gasteiger partial charge in [-0.15, -0.1) is 11.3 Å². The minimum atomic E-state index is -0.162. The lowest BCUT2D eigenvalue weighted by molar-refractivity contribution is 1.12. The zero-order chi connectivity index (χ0) is 17.8. The van der Waals surface area contributed by atoms with Gasteiger partial charge in [-0.05, 0) is 24.3 Å². The summed E-state index contributed by atoms with van der Waals surface area (Å²) in [5.41, 5.74) is 2.74. The molecule has 0 bridgehead atoms. The maximum atomic E-state index is 13.2. The van der Waals surface area contributed by atoms with Gasteiger partial charge in [0.2, 0.25) is 0 Å². The van der Waals surface area contributed by atoms with Crippen molar-refractivity contribution in [2.24, 2.45) is 0 Å². The lowest BCUT2D eigenvalue weighted by atomic mass is 10.1. The summed E-state index contributed by atoms with van der Waals surface area (Å²) in [6.07, 6.45) is 1.59. The van der Waals surface area contributed by atoms with Crippen LogP contribution in [-0.4, -0.2) is 14.4 Å². The molecule has 0 N–H and O–H groups in total. The number of rotatable bonds is 1. The van der Waals surface area contributed by atoms with E-state index in [0.717, 1.165) is 16.5 Å². The van der Waals surface area contributed by atoms with Gasteiger partial charge in [-0.3, -0.25) is 14.2 Å². The molecule has 0 aliphatic heterocycles. The molecule has 3 aromatic heterocycles. The fraction of sp³-hybridized carbons (Fsp3) is 0. The van der Waals surface area contributed by atoms with Crippen LogP contribution in [0.2, 0.25) is 10.0 Å². The summed E-state index contributed by atoms with van der Waals surface area (Å²) in [6.45, 7) is 0. The van der Waals surface area contributed by atoms with E-state index in [1.807, 2.05) is 29.6 Å². The van der Waals surface area contributed by atoms with Crippen molar-refractivity contribution in [2.75, 3.05) is 0 Å². The van der Waals surface area contributed by atoms with Gasteiger partial charge in [0.1, 0.15) is 0 Å². The molecule has 0 saturated heterocycles. The minimum Gasteiger partial charge on any atom is -0.268 e. The molecule has 26 heavy (non-hydrogen) atoms. The molecule has 7 heteroatoms. The van der Waals surface area contributed by atoms with Crippen LogP contribution in [0.25, 0.3) is 38.0 Å². The number of nitrogens with zero attached hydrogens (tertiary/aromatic N) is 3. The lowest BCUT2D eigenvalue weighted by Crippen LogP contribution is -2.15. The van der Waals surface area contributed by atoms with Gasteiger partial charge >= 0.3 is 0 Å². The number of aromatic nitrogens is 3. The van der Waals surface area contributed by atoms with Gasteiger partial charge < -0.3 is 0 Å².